The van der Waals surface area contributed by atoms with Crippen LogP contribution in [0.2, 0.25) is 0 Å². The normalized spacial score (nSPS) is 42.2. The minimum absolute atomic E-state index is 0.0591. The number of carbonyl (C=O) groups is 2. The Kier molecular flexibility index (Phi) is 4.69. The molecule has 8 bridgehead atoms. The first kappa shape index (κ1) is 21.8. The highest BCUT2D eigenvalue weighted by Gasteiger charge is 2.56. The molecule has 0 heterocycles. The lowest BCUT2D eigenvalue weighted by atomic mass is 9.49. The van der Waals surface area contributed by atoms with E-state index in [2.05, 4.69) is 10.6 Å². The van der Waals surface area contributed by atoms with E-state index in [1.54, 1.807) is 12.1 Å². The molecule has 0 aliphatic heterocycles. The molecule has 7 nitrogen and oxygen atoms in total. The van der Waals surface area contributed by atoms with Gasteiger partial charge in [-0.1, -0.05) is 0 Å². The summed E-state index contributed by atoms with van der Waals surface area (Å²) < 4.78 is 0. The van der Waals surface area contributed by atoms with E-state index in [9.17, 15) is 19.7 Å². The molecule has 186 valence electrons. The summed E-state index contributed by atoms with van der Waals surface area (Å²) in [6, 6.07) is 4.64. The Hall–Kier alpha value is -2.44. The fourth-order valence-electron chi connectivity index (χ4n) is 10.2. The van der Waals surface area contributed by atoms with Gasteiger partial charge in [-0.3, -0.25) is 19.7 Å². The van der Waals surface area contributed by atoms with Gasteiger partial charge in [0.15, 0.2) is 0 Å². The molecular weight excluding hydrogens is 442 g/mol. The fraction of sp³-hybridized carbons (Fsp3) is 0.714. The molecule has 0 saturated heterocycles. The third kappa shape index (κ3) is 3.52. The van der Waals surface area contributed by atoms with Gasteiger partial charge in [0.2, 0.25) is 11.8 Å². The molecule has 0 radical (unpaired) electrons. The van der Waals surface area contributed by atoms with Crippen LogP contribution in [0.3, 0.4) is 0 Å². The van der Waals surface area contributed by atoms with Crippen LogP contribution in [-0.4, -0.2) is 16.7 Å². The topological polar surface area (TPSA) is 101 Å². The third-order valence-corrected chi connectivity index (χ3v) is 10.7. The smallest absolute Gasteiger partial charge is 0.292 e. The molecule has 7 heteroatoms. The molecule has 8 fully saturated rings. The molecule has 8 aliphatic rings. The van der Waals surface area contributed by atoms with Gasteiger partial charge in [0.05, 0.1) is 15.8 Å². The highest BCUT2D eigenvalue weighted by atomic mass is 16.6. The van der Waals surface area contributed by atoms with Crippen LogP contribution >= 0.6 is 0 Å². The number of nitro benzene ring substituents is 1. The van der Waals surface area contributed by atoms with Crippen molar-refractivity contribution in [1.29, 1.82) is 0 Å². The maximum atomic E-state index is 13.6. The SMILES string of the molecule is O=C(Nc1ccc([N+](=O)[O-])c(NC(=O)C23CC4CC(CC(C4)C2)C3)c1)C12CC3CC(CC(C3)C1)C2. The molecule has 1 aromatic rings. The van der Waals surface area contributed by atoms with Crippen molar-refractivity contribution >= 4 is 28.9 Å². The van der Waals surface area contributed by atoms with Crippen LogP contribution in [0.4, 0.5) is 17.1 Å². The number of benzene rings is 1. The van der Waals surface area contributed by atoms with E-state index in [-0.39, 0.29) is 34.0 Å². The zero-order valence-corrected chi connectivity index (χ0v) is 20.3. The molecule has 2 amide bonds. The maximum absolute atomic E-state index is 13.6. The number of nitro groups is 1. The third-order valence-electron chi connectivity index (χ3n) is 10.7. The molecule has 0 spiro atoms. The van der Waals surface area contributed by atoms with E-state index in [0.717, 1.165) is 38.5 Å². The number of hydrogen-bond acceptors (Lipinski definition) is 4. The first-order chi connectivity index (χ1) is 16.8. The molecular formula is C28H35N3O4. The van der Waals surface area contributed by atoms with E-state index in [4.69, 9.17) is 0 Å². The lowest BCUT2D eigenvalue weighted by Crippen LogP contribution is -2.52. The van der Waals surface area contributed by atoms with Crippen LogP contribution in [-0.2, 0) is 9.59 Å². The van der Waals surface area contributed by atoms with Crippen molar-refractivity contribution in [3.05, 3.63) is 28.3 Å². The van der Waals surface area contributed by atoms with Crippen molar-refractivity contribution in [1.82, 2.24) is 0 Å². The molecule has 8 aliphatic carbocycles. The average molecular weight is 478 g/mol. The molecule has 35 heavy (non-hydrogen) atoms. The first-order valence-electron chi connectivity index (χ1n) is 13.7. The van der Waals surface area contributed by atoms with Gasteiger partial charge in [-0.15, -0.1) is 0 Å². The number of rotatable bonds is 5. The van der Waals surface area contributed by atoms with Gasteiger partial charge in [0.25, 0.3) is 5.69 Å². The highest BCUT2D eigenvalue weighted by Crippen LogP contribution is 2.61. The second kappa shape index (κ2) is 7.53. The summed E-state index contributed by atoms with van der Waals surface area (Å²) in [5.41, 5.74) is -0.0488. The fourth-order valence-corrected chi connectivity index (χ4v) is 10.2. The standard InChI is InChI=1S/C28H35N3O4/c32-25(27-10-16-3-17(11-27)5-18(4-16)12-27)29-22-1-2-24(31(34)35)23(9-22)30-26(33)28-13-19-6-20(14-28)8-21(7-19)15-28/h1-2,9,16-21H,3-8,10-15H2,(H,29,32)(H,30,33). The average Bonchev–Trinajstić information content (AvgIpc) is 2.77. The Morgan fingerprint density at radius 2 is 1.11 bits per heavy atom. The van der Waals surface area contributed by atoms with Crippen molar-refractivity contribution in [3.8, 4) is 0 Å². The Balaban J connectivity index is 1.13. The Bertz CT molecular complexity index is 1040. The van der Waals surface area contributed by atoms with Gasteiger partial charge in [-0.05, 0) is 125 Å². The van der Waals surface area contributed by atoms with Crippen molar-refractivity contribution < 1.29 is 14.5 Å². The van der Waals surface area contributed by atoms with Crippen LogP contribution in [0.5, 0.6) is 0 Å². The van der Waals surface area contributed by atoms with Crippen LogP contribution in [0.1, 0.15) is 77.0 Å². The molecule has 9 rings (SSSR count). The molecule has 0 atom stereocenters. The summed E-state index contributed by atoms with van der Waals surface area (Å²) >= 11 is 0. The minimum atomic E-state index is -0.444. The second-order valence-corrected chi connectivity index (χ2v) is 13.3. The Morgan fingerprint density at radius 3 is 1.51 bits per heavy atom. The predicted octanol–water partition coefficient (Wildman–Crippen LogP) is 5.90. The summed E-state index contributed by atoms with van der Waals surface area (Å²) in [4.78, 5) is 38.4. The summed E-state index contributed by atoms with van der Waals surface area (Å²) in [6.07, 6.45) is 13.1. The van der Waals surface area contributed by atoms with Gasteiger partial charge in [-0.2, -0.15) is 0 Å². The number of amides is 2. The molecule has 0 unspecified atom stereocenters. The maximum Gasteiger partial charge on any atom is 0.292 e. The lowest BCUT2D eigenvalue weighted by Gasteiger charge is -2.55. The van der Waals surface area contributed by atoms with Gasteiger partial charge in [0, 0.05) is 11.8 Å². The summed E-state index contributed by atoms with van der Waals surface area (Å²) in [5, 5.41) is 17.8. The van der Waals surface area contributed by atoms with Crippen molar-refractivity contribution in [2.45, 2.75) is 77.0 Å². The van der Waals surface area contributed by atoms with Crippen LogP contribution in [0, 0.1) is 56.5 Å². The molecule has 8 saturated carbocycles. The van der Waals surface area contributed by atoms with Crippen LogP contribution in [0.15, 0.2) is 18.2 Å². The zero-order chi connectivity index (χ0) is 23.9. The number of hydrogen-bond donors (Lipinski definition) is 2. The second-order valence-electron chi connectivity index (χ2n) is 13.3. The van der Waals surface area contributed by atoms with Crippen LogP contribution < -0.4 is 10.6 Å². The number of nitrogens with one attached hydrogen (secondary N) is 2. The van der Waals surface area contributed by atoms with Crippen molar-refractivity contribution in [2.24, 2.45) is 46.3 Å². The zero-order valence-electron chi connectivity index (χ0n) is 20.3. The minimum Gasteiger partial charge on any atom is -0.326 e. The van der Waals surface area contributed by atoms with Gasteiger partial charge in [-0.25, -0.2) is 0 Å². The Labute approximate surface area is 206 Å². The molecule has 1 aromatic carbocycles. The quantitative estimate of drug-likeness (QED) is 0.407. The molecule has 2 N–H and O–H groups in total. The van der Waals surface area contributed by atoms with Gasteiger partial charge in [0.1, 0.15) is 5.69 Å². The van der Waals surface area contributed by atoms with Crippen molar-refractivity contribution in [2.75, 3.05) is 10.6 Å². The largest absolute Gasteiger partial charge is 0.326 e. The summed E-state index contributed by atoms with van der Waals surface area (Å²) in [7, 11) is 0. The van der Waals surface area contributed by atoms with E-state index in [1.165, 1.54) is 44.6 Å². The van der Waals surface area contributed by atoms with E-state index in [0.29, 0.717) is 41.2 Å². The monoisotopic (exact) mass is 477 g/mol. The number of anilines is 2. The number of carbonyl (C=O) groups excluding carboxylic acids is 2. The first-order valence-corrected chi connectivity index (χ1v) is 13.7. The van der Waals surface area contributed by atoms with E-state index in [1.807, 2.05) is 0 Å². The number of nitrogens with zero attached hydrogens (tertiary/aromatic N) is 1. The molecule has 0 aromatic heterocycles. The van der Waals surface area contributed by atoms with Gasteiger partial charge < -0.3 is 10.6 Å². The summed E-state index contributed by atoms with van der Waals surface area (Å²) in [6.45, 7) is 0. The van der Waals surface area contributed by atoms with Crippen LogP contribution in [0.25, 0.3) is 0 Å². The van der Waals surface area contributed by atoms with Gasteiger partial charge >= 0.3 is 0 Å². The lowest BCUT2D eigenvalue weighted by molar-refractivity contribution is -0.383. The van der Waals surface area contributed by atoms with Crippen molar-refractivity contribution in [3.63, 3.8) is 0 Å². The Morgan fingerprint density at radius 1 is 0.714 bits per heavy atom. The highest BCUT2D eigenvalue weighted by molar-refractivity contribution is 6.00. The van der Waals surface area contributed by atoms with E-state index < -0.39 is 4.92 Å². The predicted molar refractivity (Wildman–Crippen MR) is 132 cm³/mol. The van der Waals surface area contributed by atoms with E-state index >= 15 is 0 Å². The summed E-state index contributed by atoms with van der Waals surface area (Å²) in [5.74, 6) is 3.85.